The molecular weight excluding hydrogens is 269 g/mol. The Labute approximate surface area is 124 Å². The average molecular weight is 289 g/mol. The number of ether oxygens (including phenoxy) is 1. The van der Waals surface area contributed by atoms with E-state index < -0.39 is 5.60 Å². The average Bonchev–Trinajstić information content (AvgIpc) is 2.48. The van der Waals surface area contributed by atoms with Crippen LogP contribution < -0.4 is 4.74 Å². The molecule has 1 N–H and O–H groups in total. The standard InChI is InChI=1S/C17H20FNO2/c1-4-7-21-15-8-14(10-19-11-15)17(3,20)13-6-5-12(2)16(18)9-13/h5-6,8-11,20H,4,7H2,1-3H3. The monoisotopic (exact) mass is 289 g/mol. The van der Waals surface area contributed by atoms with E-state index in [4.69, 9.17) is 4.74 Å². The zero-order chi connectivity index (χ0) is 15.5. The topological polar surface area (TPSA) is 42.4 Å². The zero-order valence-electron chi connectivity index (χ0n) is 12.6. The molecule has 2 aromatic rings. The normalized spacial score (nSPS) is 13.8. The molecule has 1 aromatic carbocycles. The fourth-order valence-corrected chi connectivity index (χ4v) is 2.05. The van der Waals surface area contributed by atoms with Gasteiger partial charge < -0.3 is 9.84 Å². The maximum atomic E-state index is 13.7. The number of nitrogens with zero attached hydrogens (tertiary/aromatic N) is 1. The molecule has 0 amide bonds. The van der Waals surface area contributed by atoms with Crippen LogP contribution in [0.3, 0.4) is 0 Å². The Bertz CT molecular complexity index is 626. The van der Waals surface area contributed by atoms with Crippen LogP contribution in [0.25, 0.3) is 0 Å². The van der Waals surface area contributed by atoms with Crippen LogP contribution in [-0.2, 0) is 5.60 Å². The Morgan fingerprint density at radius 2 is 2.00 bits per heavy atom. The number of pyridine rings is 1. The second-order valence-electron chi connectivity index (χ2n) is 5.29. The highest BCUT2D eigenvalue weighted by molar-refractivity contribution is 5.38. The van der Waals surface area contributed by atoms with Crippen molar-refractivity contribution in [1.29, 1.82) is 0 Å². The third-order valence-corrected chi connectivity index (χ3v) is 3.48. The highest BCUT2D eigenvalue weighted by atomic mass is 19.1. The lowest BCUT2D eigenvalue weighted by Gasteiger charge is -2.25. The number of hydrogen-bond donors (Lipinski definition) is 1. The number of aliphatic hydroxyl groups is 1. The molecular formula is C17H20FNO2. The maximum absolute atomic E-state index is 13.7. The minimum atomic E-state index is -1.33. The number of aromatic nitrogens is 1. The Morgan fingerprint density at radius 3 is 2.67 bits per heavy atom. The van der Waals surface area contributed by atoms with Crippen molar-refractivity contribution in [3.05, 3.63) is 59.2 Å². The van der Waals surface area contributed by atoms with Gasteiger partial charge in [0, 0.05) is 11.8 Å². The summed E-state index contributed by atoms with van der Waals surface area (Å²) in [7, 11) is 0. The first-order valence-electron chi connectivity index (χ1n) is 7.02. The van der Waals surface area contributed by atoms with Gasteiger partial charge in [0.05, 0.1) is 12.8 Å². The molecule has 0 aliphatic carbocycles. The van der Waals surface area contributed by atoms with Crippen LogP contribution in [0.4, 0.5) is 4.39 Å². The molecule has 0 fully saturated rings. The van der Waals surface area contributed by atoms with Gasteiger partial charge in [0.15, 0.2) is 0 Å². The Hall–Kier alpha value is -1.94. The van der Waals surface area contributed by atoms with Crippen molar-refractivity contribution in [2.45, 2.75) is 32.8 Å². The van der Waals surface area contributed by atoms with Gasteiger partial charge >= 0.3 is 0 Å². The molecule has 0 radical (unpaired) electrons. The fraction of sp³-hybridized carbons (Fsp3) is 0.353. The largest absolute Gasteiger partial charge is 0.492 e. The van der Waals surface area contributed by atoms with Gasteiger partial charge in [-0.25, -0.2) is 4.39 Å². The zero-order valence-corrected chi connectivity index (χ0v) is 12.6. The van der Waals surface area contributed by atoms with E-state index in [0.29, 0.717) is 29.0 Å². The highest BCUT2D eigenvalue weighted by Gasteiger charge is 2.27. The summed E-state index contributed by atoms with van der Waals surface area (Å²) in [4.78, 5) is 4.09. The molecule has 1 unspecified atom stereocenters. The molecule has 112 valence electrons. The predicted molar refractivity (Wildman–Crippen MR) is 79.8 cm³/mol. The number of aryl methyl sites for hydroxylation is 1. The predicted octanol–water partition coefficient (Wildman–Crippen LogP) is 3.57. The maximum Gasteiger partial charge on any atom is 0.137 e. The van der Waals surface area contributed by atoms with Gasteiger partial charge in [-0.05, 0) is 43.5 Å². The van der Waals surface area contributed by atoms with Crippen molar-refractivity contribution in [2.75, 3.05) is 6.61 Å². The van der Waals surface area contributed by atoms with Crippen LogP contribution >= 0.6 is 0 Å². The van der Waals surface area contributed by atoms with Crippen LogP contribution in [0.1, 0.15) is 37.0 Å². The lowest BCUT2D eigenvalue weighted by Crippen LogP contribution is -2.23. The summed E-state index contributed by atoms with van der Waals surface area (Å²) in [6.45, 7) is 5.92. The molecule has 4 heteroatoms. The molecule has 2 rings (SSSR count). The molecule has 3 nitrogen and oxygen atoms in total. The van der Waals surface area contributed by atoms with Crippen molar-refractivity contribution in [3.8, 4) is 5.75 Å². The first-order chi connectivity index (χ1) is 9.95. The van der Waals surface area contributed by atoms with E-state index in [-0.39, 0.29) is 5.82 Å². The minimum absolute atomic E-state index is 0.334. The molecule has 0 saturated heterocycles. The van der Waals surface area contributed by atoms with Gasteiger partial charge in [-0.2, -0.15) is 0 Å². The summed E-state index contributed by atoms with van der Waals surface area (Å²) in [5, 5.41) is 10.8. The van der Waals surface area contributed by atoms with Gasteiger partial charge in [0.1, 0.15) is 17.2 Å². The molecule has 1 atom stereocenters. The van der Waals surface area contributed by atoms with Gasteiger partial charge in [0.25, 0.3) is 0 Å². The lowest BCUT2D eigenvalue weighted by molar-refractivity contribution is 0.101. The number of rotatable bonds is 5. The van der Waals surface area contributed by atoms with Crippen molar-refractivity contribution < 1.29 is 14.2 Å². The van der Waals surface area contributed by atoms with E-state index in [1.165, 1.54) is 6.07 Å². The van der Waals surface area contributed by atoms with Crippen LogP contribution in [-0.4, -0.2) is 16.7 Å². The van der Waals surface area contributed by atoms with E-state index in [2.05, 4.69) is 4.98 Å². The van der Waals surface area contributed by atoms with Crippen molar-refractivity contribution in [2.24, 2.45) is 0 Å². The van der Waals surface area contributed by atoms with E-state index in [1.807, 2.05) is 6.92 Å². The summed E-state index contributed by atoms with van der Waals surface area (Å²) >= 11 is 0. The highest BCUT2D eigenvalue weighted by Crippen LogP contribution is 2.31. The quantitative estimate of drug-likeness (QED) is 0.915. The molecule has 1 heterocycles. The SMILES string of the molecule is CCCOc1cncc(C(C)(O)c2ccc(C)c(F)c2)c1. The number of benzene rings is 1. The van der Waals surface area contributed by atoms with Crippen LogP contribution in [0.2, 0.25) is 0 Å². The summed E-state index contributed by atoms with van der Waals surface area (Å²) in [5.41, 5.74) is 0.278. The molecule has 0 aliphatic rings. The summed E-state index contributed by atoms with van der Waals surface area (Å²) in [5.74, 6) is 0.265. The first kappa shape index (κ1) is 15.4. The molecule has 0 spiro atoms. The molecule has 0 aliphatic heterocycles. The molecule has 21 heavy (non-hydrogen) atoms. The van der Waals surface area contributed by atoms with E-state index in [0.717, 1.165) is 6.42 Å². The van der Waals surface area contributed by atoms with Crippen molar-refractivity contribution >= 4 is 0 Å². The Morgan fingerprint density at radius 1 is 1.24 bits per heavy atom. The third-order valence-electron chi connectivity index (χ3n) is 3.48. The second-order valence-corrected chi connectivity index (χ2v) is 5.29. The number of halogens is 1. The summed E-state index contributed by atoms with van der Waals surface area (Å²) in [6, 6.07) is 6.47. The summed E-state index contributed by atoms with van der Waals surface area (Å²) < 4.78 is 19.2. The van der Waals surface area contributed by atoms with E-state index >= 15 is 0 Å². The lowest BCUT2D eigenvalue weighted by atomic mass is 9.88. The summed E-state index contributed by atoms with van der Waals surface area (Å²) in [6.07, 6.45) is 4.06. The Kier molecular flexibility index (Phi) is 4.58. The molecule has 1 aromatic heterocycles. The van der Waals surface area contributed by atoms with Gasteiger partial charge in [-0.1, -0.05) is 19.1 Å². The van der Waals surface area contributed by atoms with E-state index in [9.17, 15) is 9.50 Å². The van der Waals surface area contributed by atoms with E-state index in [1.54, 1.807) is 44.4 Å². The van der Waals surface area contributed by atoms with Gasteiger partial charge in [-0.15, -0.1) is 0 Å². The van der Waals surface area contributed by atoms with Gasteiger partial charge in [-0.3, -0.25) is 4.98 Å². The molecule has 0 bridgehead atoms. The fourth-order valence-electron chi connectivity index (χ4n) is 2.05. The van der Waals surface area contributed by atoms with Crippen molar-refractivity contribution in [3.63, 3.8) is 0 Å². The second kappa shape index (κ2) is 6.22. The van der Waals surface area contributed by atoms with Crippen LogP contribution in [0.5, 0.6) is 5.75 Å². The first-order valence-corrected chi connectivity index (χ1v) is 7.02. The van der Waals surface area contributed by atoms with Crippen LogP contribution in [0.15, 0.2) is 36.7 Å². The number of hydrogen-bond acceptors (Lipinski definition) is 3. The Balaban J connectivity index is 2.35. The van der Waals surface area contributed by atoms with Crippen molar-refractivity contribution in [1.82, 2.24) is 4.98 Å². The van der Waals surface area contributed by atoms with Gasteiger partial charge in [0.2, 0.25) is 0 Å². The smallest absolute Gasteiger partial charge is 0.137 e. The minimum Gasteiger partial charge on any atom is -0.492 e. The molecule has 0 saturated carbocycles. The third kappa shape index (κ3) is 3.39. The van der Waals surface area contributed by atoms with Crippen LogP contribution in [0, 0.1) is 12.7 Å².